The molecule has 1 atom stereocenters. The van der Waals surface area contributed by atoms with Crippen LogP contribution in [0.15, 0.2) is 24.3 Å². The summed E-state index contributed by atoms with van der Waals surface area (Å²) in [5.74, 6) is 0.152. The minimum atomic E-state index is 0. The van der Waals surface area contributed by atoms with Crippen LogP contribution in [-0.4, -0.2) is 61.1 Å². The second-order valence-corrected chi connectivity index (χ2v) is 6.11. The number of rotatable bonds is 4. The van der Waals surface area contributed by atoms with Gasteiger partial charge in [-0.1, -0.05) is 12.1 Å². The lowest BCUT2D eigenvalue weighted by atomic mass is 10.1. The van der Waals surface area contributed by atoms with Crippen LogP contribution >= 0.6 is 12.4 Å². The van der Waals surface area contributed by atoms with E-state index < -0.39 is 0 Å². The molecule has 0 saturated carbocycles. The minimum Gasteiger partial charge on any atom is -0.379 e. The molecule has 2 aliphatic rings. The van der Waals surface area contributed by atoms with Gasteiger partial charge >= 0.3 is 0 Å². The molecule has 0 spiro atoms. The lowest BCUT2D eigenvalue weighted by molar-refractivity contribution is 0.0261. The van der Waals surface area contributed by atoms with E-state index in [9.17, 15) is 4.79 Å². The quantitative estimate of drug-likeness (QED) is 0.903. The number of hydrogen-bond donors (Lipinski definition) is 1. The minimum absolute atomic E-state index is 0. The summed E-state index contributed by atoms with van der Waals surface area (Å²) in [5.41, 5.74) is 7.44. The van der Waals surface area contributed by atoms with E-state index in [1.807, 2.05) is 29.2 Å². The maximum Gasteiger partial charge on any atom is 0.254 e. The van der Waals surface area contributed by atoms with Crippen molar-refractivity contribution in [2.45, 2.75) is 25.4 Å². The van der Waals surface area contributed by atoms with Gasteiger partial charge in [0, 0.05) is 44.3 Å². The number of carbonyl (C=O) groups is 1. The summed E-state index contributed by atoms with van der Waals surface area (Å²) < 4.78 is 5.40. The molecule has 6 heteroatoms. The third-order valence-electron chi connectivity index (χ3n) is 4.65. The van der Waals surface area contributed by atoms with Crippen LogP contribution in [0, 0.1) is 0 Å². The number of benzene rings is 1. The lowest BCUT2D eigenvalue weighted by Gasteiger charge is -2.33. The van der Waals surface area contributed by atoms with E-state index in [-0.39, 0.29) is 18.3 Å². The van der Waals surface area contributed by atoms with Crippen molar-refractivity contribution >= 4 is 18.3 Å². The number of nitrogens with zero attached hydrogens (tertiary/aromatic N) is 2. The molecule has 1 unspecified atom stereocenters. The zero-order valence-electron chi connectivity index (χ0n) is 13.4. The molecule has 0 radical (unpaired) electrons. The van der Waals surface area contributed by atoms with Crippen molar-refractivity contribution in [1.82, 2.24) is 9.80 Å². The van der Waals surface area contributed by atoms with Crippen molar-refractivity contribution in [2.24, 2.45) is 5.73 Å². The van der Waals surface area contributed by atoms with Crippen LogP contribution in [-0.2, 0) is 11.3 Å². The molecule has 2 aliphatic heterocycles. The first-order valence-corrected chi connectivity index (χ1v) is 8.18. The number of carbonyl (C=O) groups excluding carboxylic acids is 1. The Bertz CT molecular complexity index is 503. The molecule has 23 heavy (non-hydrogen) atoms. The molecule has 2 heterocycles. The molecule has 0 aliphatic carbocycles. The molecule has 0 aromatic heterocycles. The fourth-order valence-corrected chi connectivity index (χ4v) is 3.32. The maximum atomic E-state index is 12.8. The number of likely N-dealkylation sites (tertiary alicyclic amines) is 1. The van der Waals surface area contributed by atoms with Crippen LogP contribution < -0.4 is 5.73 Å². The van der Waals surface area contributed by atoms with Gasteiger partial charge in [0.2, 0.25) is 0 Å². The van der Waals surface area contributed by atoms with Crippen LogP contribution in [0.2, 0.25) is 0 Å². The fraction of sp³-hybridized carbons (Fsp3) is 0.588. The van der Waals surface area contributed by atoms with Crippen molar-refractivity contribution < 1.29 is 9.53 Å². The Morgan fingerprint density at radius 3 is 2.52 bits per heavy atom. The smallest absolute Gasteiger partial charge is 0.254 e. The van der Waals surface area contributed by atoms with Crippen LogP contribution in [0.25, 0.3) is 0 Å². The van der Waals surface area contributed by atoms with Crippen molar-refractivity contribution in [2.75, 3.05) is 39.4 Å². The number of nitrogens with two attached hydrogens (primary N) is 1. The zero-order chi connectivity index (χ0) is 15.4. The Morgan fingerprint density at radius 2 is 1.87 bits per heavy atom. The highest BCUT2D eigenvalue weighted by Crippen LogP contribution is 2.21. The highest BCUT2D eigenvalue weighted by Gasteiger charge is 2.31. The maximum absolute atomic E-state index is 12.8. The topological polar surface area (TPSA) is 58.8 Å². The van der Waals surface area contributed by atoms with Crippen molar-refractivity contribution in [3.63, 3.8) is 0 Å². The van der Waals surface area contributed by atoms with Gasteiger partial charge < -0.3 is 15.4 Å². The fourth-order valence-electron chi connectivity index (χ4n) is 3.32. The zero-order valence-corrected chi connectivity index (χ0v) is 14.3. The number of amides is 1. The van der Waals surface area contributed by atoms with Gasteiger partial charge in [0.05, 0.1) is 13.2 Å². The summed E-state index contributed by atoms with van der Waals surface area (Å²) in [6, 6.07) is 8.02. The van der Waals surface area contributed by atoms with E-state index in [1.54, 1.807) is 0 Å². The van der Waals surface area contributed by atoms with E-state index in [2.05, 4.69) is 4.90 Å². The standard InChI is InChI=1S/C17H25N3O2.ClH/c18-12-14-3-5-15(6-4-14)17(21)20-7-1-2-16(20)13-19-8-10-22-11-9-19;/h3-6,16H,1-2,7-13,18H2;1H. The number of halogens is 1. The van der Waals surface area contributed by atoms with Crippen LogP contribution in [0.5, 0.6) is 0 Å². The molecule has 2 N–H and O–H groups in total. The second kappa shape index (κ2) is 8.64. The van der Waals surface area contributed by atoms with Gasteiger partial charge in [0.25, 0.3) is 5.91 Å². The summed E-state index contributed by atoms with van der Waals surface area (Å²) in [4.78, 5) is 17.2. The van der Waals surface area contributed by atoms with Crippen LogP contribution in [0.4, 0.5) is 0 Å². The molecule has 1 aromatic carbocycles. The molecule has 128 valence electrons. The van der Waals surface area contributed by atoms with Gasteiger partial charge in [-0.25, -0.2) is 0 Å². The molecule has 1 amide bonds. The first-order valence-electron chi connectivity index (χ1n) is 8.18. The van der Waals surface area contributed by atoms with Crippen LogP contribution in [0.1, 0.15) is 28.8 Å². The summed E-state index contributed by atoms with van der Waals surface area (Å²) >= 11 is 0. The Hall–Kier alpha value is -1.14. The van der Waals surface area contributed by atoms with Gasteiger partial charge in [0.1, 0.15) is 0 Å². The molecule has 0 bridgehead atoms. The van der Waals surface area contributed by atoms with Crippen molar-refractivity contribution in [3.05, 3.63) is 35.4 Å². The molecular weight excluding hydrogens is 314 g/mol. The molecule has 2 fully saturated rings. The van der Waals surface area contributed by atoms with Gasteiger partial charge in [0.15, 0.2) is 0 Å². The highest BCUT2D eigenvalue weighted by atomic mass is 35.5. The third kappa shape index (κ3) is 4.44. The van der Waals surface area contributed by atoms with E-state index in [0.717, 1.165) is 63.4 Å². The molecular formula is C17H26ClN3O2. The third-order valence-corrected chi connectivity index (χ3v) is 4.65. The van der Waals surface area contributed by atoms with E-state index >= 15 is 0 Å². The van der Waals surface area contributed by atoms with Gasteiger partial charge in [-0.3, -0.25) is 9.69 Å². The average molecular weight is 340 g/mol. The highest BCUT2D eigenvalue weighted by molar-refractivity contribution is 5.94. The van der Waals surface area contributed by atoms with Gasteiger partial charge in [-0.15, -0.1) is 12.4 Å². The number of hydrogen-bond acceptors (Lipinski definition) is 4. The second-order valence-electron chi connectivity index (χ2n) is 6.11. The monoisotopic (exact) mass is 339 g/mol. The summed E-state index contributed by atoms with van der Waals surface area (Å²) in [6.45, 7) is 5.91. The summed E-state index contributed by atoms with van der Waals surface area (Å²) in [5, 5.41) is 0. The summed E-state index contributed by atoms with van der Waals surface area (Å²) in [6.07, 6.45) is 2.20. The molecule has 5 nitrogen and oxygen atoms in total. The van der Waals surface area contributed by atoms with Crippen molar-refractivity contribution in [3.8, 4) is 0 Å². The van der Waals surface area contributed by atoms with Gasteiger partial charge in [-0.2, -0.15) is 0 Å². The first-order chi connectivity index (χ1) is 10.8. The van der Waals surface area contributed by atoms with Gasteiger partial charge in [-0.05, 0) is 30.5 Å². The van der Waals surface area contributed by atoms with Crippen molar-refractivity contribution in [1.29, 1.82) is 0 Å². The largest absolute Gasteiger partial charge is 0.379 e. The molecule has 3 rings (SSSR count). The molecule has 2 saturated heterocycles. The predicted octanol–water partition coefficient (Wildman–Crippen LogP) is 1.50. The van der Waals surface area contributed by atoms with E-state index in [4.69, 9.17) is 10.5 Å². The van der Waals surface area contributed by atoms with E-state index in [0.29, 0.717) is 12.6 Å². The Morgan fingerprint density at radius 1 is 1.17 bits per heavy atom. The normalized spacial score (nSPS) is 22.0. The lowest BCUT2D eigenvalue weighted by Crippen LogP contribution is -2.46. The van der Waals surface area contributed by atoms with E-state index in [1.165, 1.54) is 0 Å². The Labute approximate surface area is 144 Å². The average Bonchev–Trinajstić information content (AvgIpc) is 3.03. The Kier molecular flexibility index (Phi) is 6.84. The summed E-state index contributed by atoms with van der Waals surface area (Å²) in [7, 11) is 0. The first kappa shape index (κ1) is 18.2. The Balaban J connectivity index is 0.00000192. The number of morpholine rings is 1. The van der Waals surface area contributed by atoms with Crippen LogP contribution in [0.3, 0.4) is 0 Å². The SMILES string of the molecule is Cl.NCc1ccc(C(=O)N2CCCC2CN2CCOCC2)cc1. The molecule has 1 aromatic rings. The predicted molar refractivity (Wildman–Crippen MR) is 92.9 cm³/mol. The number of ether oxygens (including phenoxy) is 1.